The number of anilines is 1. The number of thiophene rings is 1. The molecular formula is C18H19N3O3S. The van der Waals surface area contributed by atoms with Crippen molar-refractivity contribution in [3.63, 3.8) is 0 Å². The number of carbonyl (C=O) groups is 1. The molecule has 3 N–H and O–H groups in total. The molecule has 6 nitrogen and oxygen atoms in total. The Kier molecular flexibility index (Phi) is 4.96. The van der Waals surface area contributed by atoms with Gasteiger partial charge in [-0.2, -0.15) is 0 Å². The molecule has 2 atom stereocenters. The van der Waals surface area contributed by atoms with Crippen molar-refractivity contribution < 1.29 is 15.0 Å². The van der Waals surface area contributed by atoms with Gasteiger partial charge in [-0.15, -0.1) is 11.3 Å². The predicted octanol–water partition coefficient (Wildman–Crippen LogP) is 2.84. The van der Waals surface area contributed by atoms with Crippen LogP contribution < -0.4 is 5.32 Å². The second-order valence-corrected chi connectivity index (χ2v) is 7.16. The summed E-state index contributed by atoms with van der Waals surface area (Å²) < 4.78 is 0. The molecule has 3 rings (SSSR count). The van der Waals surface area contributed by atoms with Crippen LogP contribution in [0.2, 0.25) is 0 Å². The summed E-state index contributed by atoms with van der Waals surface area (Å²) in [6.07, 6.45) is -0.505. The highest BCUT2D eigenvalue weighted by molar-refractivity contribution is 7.18. The summed E-state index contributed by atoms with van der Waals surface area (Å²) in [6.45, 7) is 3.41. The molecule has 0 amide bonds. The van der Waals surface area contributed by atoms with Gasteiger partial charge in [0.05, 0.1) is 11.5 Å². The first kappa shape index (κ1) is 17.3. The standard InChI is InChI=1S/C18H19N3O3S/c1-10-8-13-16(21-15(11(2)22)18(23)24)19-14(20-17(13)25-10)9-12-6-4-3-5-7-12/h3-8,11,15,22H,9H2,1-2H3,(H,23,24)(H,19,20,21). The Labute approximate surface area is 149 Å². The zero-order valence-electron chi connectivity index (χ0n) is 13.9. The number of benzene rings is 1. The summed E-state index contributed by atoms with van der Waals surface area (Å²) in [7, 11) is 0. The lowest BCUT2D eigenvalue weighted by atomic mass is 10.1. The fourth-order valence-electron chi connectivity index (χ4n) is 2.59. The summed E-state index contributed by atoms with van der Waals surface area (Å²) in [5, 5.41) is 22.7. The SMILES string of the molecule is Cc1cc2c(NC(C(=O)O)C(C)O)nc(Cc3ccccc3)nc2s1. The molecule has 0 aliphatic heterocycles. The van der Waals surface area contributed by atoms with E-state index in [1.807, 2.05) is 43.3 Å². The van der Waals surface area contributed by atoms with Crippen LogP contribution in [0.15, 0.2) is 36.4 Å². The molecule has 0 saturated carbocycles. The summed E-state index contributed by atoms with van der Waals surface area (Å²) in [5.74, 6) is -0.0790. The van der Waals surface area contributed by atoms with Gasteiger partial charge in [0.2, 0.25) is 0 Å². The Balaban J connectivity index is 2.01. The van der Waals surface area contributed by atoms with Crippen LogP contribution in [0.4, 0.5) is 5.82 Å². The number of aliphatic carboxylic acids is 1. The van der Waals surface area contributed by atoms with Gasteiger partial charge >= 0.3 is 5.97 Å². The van der Waals surface area contributed by atoms with Crippen molar-refractivity contribution in [2.24, 2.45) is 0 Å². The van der Waals surface area contributed by atoms with Crippen LogP contribution >= 0.6 is 11.3 Å². The number of carboxylic acids is 1. The van der Waals surface area contributed by atoms with E-state index in [4.69, 9.17) is 0 Å². The minimum Gasteiger partial charge on any atom is -0.480 e. The Bertz CT molecular complexity index is 893. The average Bonchev–Trinajstić information content (AvgIpc) is 2.93. The average molecular weight is 357 g/mol. The van der Waals surface area contributed by atoms with E-state index in [1.165, 1.54) is 18.3 Å². The molecule has 2 unspecified atom stereocenters. The van der Waals surface area contributed by atoms with E-state index in [0.717, 1.165) is 20.7 Å². The zero-order valence-corrected chi connectivity index (χ0v) is 14.7. The number of nitrogens with zero attached hydrogens (tertiary/aromatic N) is 2. The van der Waals surface area contributed by atoms with Gasteiger partial charge in [-0.1, -0.05) is 30.3 Å². The number of rotatable bonds is 6. The topological polar surface area (TPSA) is 95.3 Å². The summed E-state index contributed by atoms with van der Waals surface area (Å²) in [6, 6.07) is 10.6. The Hall–Kier alpha value is -2.51. The number of aryl methyl sites for hydroxylation is 1. The number of hydrogen-bond acceptors (Lipinski definition) is 6. The van der Waals surface area contributed by atoms with Gasteiger partial charge in [-0.05, 0) is 25.5 Å². The lowest BCUT2D eigenvalue weighted by molar-refractivity contribution is -0.140. The quantitative estimate of drug-likeness (QED) is 0.628. The van der Waals surface area contributed by atoms with Crippen LogP contribution in [0.5, 0.6) is 0 Å². The number of fused-ring (bicyclic) bond motifs is 1. The number of aliphatic hydroxyl groups excluding tert-OH is 1. The van der Waals surface area contributed by atoms with Crippen molar-refractivity contribution in [3.05, 3.63) is 52.7 Å². The maximum absolute atomic E-state index is 11.4. The molecule has 0 fully saturated rings. The second-order valence-electron chi connectivity index (χ2n) is 5.93. The fraction of sp³-hybridized carbons (Fsp3) is 0.278. The first-order valence-electron chi connectivity index (χ1n) is 7.92. The van der Waals surface area contributed by atoms with E-state index in [1.54, 1.807) is 0 Å². The molecule has 0 spiro atoms. The summed E-state index contributed by atoms with van der Waals surface area (Å²) in [4.78, 5) is 22.4. The van der Waals surface area contributed by atoms with Crippen molar-refractivity contribution in [1.29, 1.82) is 0 Å². The van der Waals surface area contributed by atoms with Crippen molar-refractivity contribution >= 4 is 33.3 Å². The van der Waals surface area contributed by atoms with Gasteiger partial charge in [-0.25, -0.2) is 14.8 Å². The monoisotopic (exact) mass is 357 g/mol. The zero-order chi connectivity index (χ0) is 18.0. The lowest BCUT2D eigenvalue weighted by Crippen LogP contribution is -2.39. The van der Waals surface area contributed by atoms with Gasteiger partial charge in [0.25, 0.3) is 0 Å². The Morgan fingerprint density at radius 3 is 2.64 bits per heavy atom. The minimum atomic E-state index is -1.14. The maximum Gasteiger partial charge on any atom is 0.328 e. The maximum atomic E-state index is 11.4. The third-order valence-electron chi connectivity index (χ3n) is 3.81. The molecule has 25 heavy (non-hydrogen) atoms. The molecule has 1 aromatic carbocycles. The predicted molar refractivity (Wildman–Crippen MR) is 98.1 cm³/mol. The van der Waals surface area contributed by atoms with Crippen LogP contribution in [-0.2, 0) is 11.2 Å². The normalized spacial score (nSPS) is 13.6. The van der Waals surface area contributed by atoms with Crippen molar-refractivity contribution in [3.8, 4) is 0 Å². The van der Waals surface area contributed by atoms with E-state index in [9.17, 15) is 15.0 Å². The molecule has 7 heteroatoms. The molecular weight excluding hydrogens is 338 g/mol. The molecule has 0 aliphatic carbocycles. The molecule has 0 saturated heterocycles. The summed E-state index contributed by atoms with van der Waals surface area (Å²) >= 11 is 1.53. The molecule has 0 radical (unpaired) electrons. The van der Waals surface area contributed by atoms with Crippen molar-refractivity contribution in [2.45, 2.75) is 32.4 Å². The van der Waals surface area contributed by atoms with E-state index in [-0.39, 0.29) is 0 Å². The molecule has 2 heterocycles. The fourth-order valence-corrected chi connectivity index (χ4v) is 3.49. The number of hydrogen-bond donors (Lipinski definition) is 3. The third kappa shape index (κ3) is 3.94. The highest BCUT2D eigenvalue weighted by atomic mass is 32.1. The van der Waals surface area contributed by atoms with Crippen LogP contribution in [-0.4, -0.2) is 38.3 Å². The van der Waals surface area contributed by atoms with Gasteiger partial charge in [-0.3, -0.25) is 0 Å². The van der Waals surface area contributed by atoms with Crippen LogP contribution in [0.25, 0.3) is 10.2 Å². The van der Waals surface area contributed by atoms with Gasteiger partial charge in [0.1, 0.15) is 16.5 Å². The number of aliphatic hydroxyl groups is 1. The molecule has 0 aliphatic rings. The lowest BCUT2D eigenvalue weighted by Gasteiger charge is -2.18. The Morgan fingerprint density at radius 2 is 2.00 bits per heavy atom. The van der Waals surface area contributed by atoms with E-state index in [2.05, 4.69) is 15.3 Å². The van der Waals surface area contributed by atoms with E-state index < -0.39 is 18.1 Å². The number of nitrogens with one attached hydrogen (secondary N) is 1. The van der Waals surface area contributed by atoms with Gasteiger partial charge < -0.3 is 15.5 Å². The highest BCUT2D eigenvalue weighted by Gasteiger charge is 2.25. The number of aromatic nitrogens is 2. The highest BCUT2D eigenvalue weighted by Crippen LogP contribution is 2.29. The molecule has 3 aromatic rings. The van der Waals surface area contributed by atoms with Crippen molar-refractivity contribution in [2.75, 3.05) is 5.32 Å². The van der Waals surface area contributed by atoms with Gasteiger partial charge in [0.15, 0.2) is 6.04 Å². The van der Waals surface area contributed by atoms with Crippen LogP contribution in [0.1, 0.15) is 23.2 Å². The smallest absolute Gasteiger partial charge is 0.328 e. The molecule has 130 valence electrons. The Morgan fingerprint density at radius 1 is 1.28 bits per heavy atom. The first-order valence-corrected chi connectivity index (χ1v) is 8.74. The van der Waals surface area contributed by atoms with Crippen molar-refractivity contribution in [1.82, 2.24) is 9.97 Å². The third-order valence-corrected chi connectivity index (χ3v) is 4.75. The second kappa shape index (κ2) is 7.16. The minimum absolute atomic E-state index is 0.439. The molecule has 2 aromatic heterocycles. The van der Waals surface area contributed by atoms with E-state index >= 15 is 0 Å². The molecule has 0 bridgehead atoms. The largest absolute Gasteiger partial charge is 0.480 e. The van der Waals surface area contributed by atoms with E-state index in [0.29, 0.717) is 18.1 Å². The van der Waals surface area contributed by atoms with Crippen LogP contribution in [0.3, 0.4) is 0 Å². The summed E-state index contributed by atoms with van der Waals surface area (Å²) in [5.41, 5.74) is 1.08. The first-order chi connectivity index (χ1) is 11.9. The van der Waals surface area contributed by atoms with Crippen LogP contribution in [0, 0.1) is 6.92 Å². The number of carboxylic acid groups (broad SMARTS) is 1. The van der Waals surface area contributed by atoms with Gasteiger partial charge in [0, 0.05) is 11.3 Å².